The van der Waals surface area contributed by atoms with Crippen molar-refractivity contribution in [3.05, 3.63) is 35.4 Å². The molecule has 1 heterocycles. The zero-order valence-electron chi connectivity index (χ0n) is 11.2. The summed E-state index contributed by atoms with van der Waals surface area (Å²) < 4.78 is 5.04. The lowest BCUT2D eigenvalue weighted by Crippen LogP contribution is -2.34. The number of aromatic nitrogens is 1. The lowest BCUT2D eigenvalue weighted by Gasteiger charge is -2.20. The van der Waals surface area contributed by atoms with Gasteiger partial charge in [-0.3, -0.25) is 4.98 Å². The highest BCUT2D eigenvalue weighted by molar-refractivity contribution is 5.67. The third-order valence-corrected chi connectivity index (χ3v) is 2.08. The van der Waals surface area contributed by atoms with Gasteiger partial charge in [0.2, 0.25) is 5.69 Å². The molecule has 0 bridgehead atoms. The molecule has 0 saturated heterocycles. The van der Waals surface area contributed by atoms with Gasteiger partial charge < -0.3 is 15.2 Å². The van der Waals surface area contributed by atoms with E-state index in [0.717, 1.165) is 0 Å². The summed E-state index contributed by atoms with van der Waals surface area (Å²) in [6, 6.07) is 3.11. The van der Waals surface area contributed by atoms with E-state index >= 15 is 0 Å². The molecule has 2 N–H and O–H groups in total. The molecule has 0 fully saturated rings. The first-order valence-electron chi connectivity index (χ1n) is 5.80. The Balaban J connectivity index is 2.49. The first-order chi connectivity index (χ1) is 8.81. The smallest absolute Gasteiger partial charge is 0.407 e. The van der Waals surface area contributed by atoms with Crippen molar-refractivity contribution in [1.82, 2.24) is 10.3 Å². The summed E-state index contributed by atoms with van der Waals surface area (Å²) in [5.74, 6) is 0. The number of aliphatic hydroxyl groups is 1. The number of alkyl carbamates (subject to hydrolysis) is 1. The molecule has 0 radical (unpaired) electrons. The molecule has 1 aromatic rings. The number of ether oxygens (including phenoxy) is 1. The molecule has 1 unspecified atom stereocenters. The van der Waals surface area contributed by atoms with Crippen LogP contribution < -0.4 is 5.32 Å². The number of hydrogen-bond donors (Lipinski definition) is 2. The fourth-order valence-electron chi connectivity index (χ4n) is 1.26. The molecule has 1 rings (SSSR count). The van der Waals surface area contributed by atoms with Crippen molar-refractivity contribution in [2.24, 2.45) is 0 Å². The molecule has 0 saturated carbocycles. The number of amides is 1. The molecule has 102 valence electrons. The van der Waals surface area contributed by atoms with Crippen LogP contribution >= 0.6 is 0 Å². The minimum absolute atomic E-state index is 0.000716. The van der Waals surface area contributed by atoms with Gasteiger partial charge in [0.25, 0.3) is 0 Å². The quantitative estimate of drug-likeness (QED) is 0.820. The predicted octanol–water partition coefficient (Wildman–Crippen LogP) is 2.19. The van der Waals surface area contributed by atoms with Gasteiger partial charge in [0.1, 0.15) is 11.7 Å². The summed E-state index contributed by atoms with van der Waals surface area (Å²) in [5.41, 5.74) is 0.212. The van der Waals surface area contributed by atoms with E-state index in [2.05, 4.69) is 15.1 Å². The van der Waals surface area contributed by atoms with Crippen molar-refractivity contribution in [1.29, 1.82) is 0 Å². The highest BCUT2D eigenvalue weighted by Gasteiger charge is 2.17. The highest BCUT2D eigenvalue weighted by atomic mass is 16.6. The van der Waals surface area contributed by atoms with Gasteiger partial charge in [-0.1, -0.05) is 6.07 Å². The first kappa shape index (κ1) is 14.9. The van der Waals surface area contributed by atoms with Crippen LogP contribution in [0.5, 0.6) is 0 Å². The van der Waals surface area contributed by atoms with E-state index in [1.807, 2.05) is 0 Å². The fraction of sp³-hybridized carbons (Fsp3) is 0.462. The van der Waals surface area contributed by atoms with E-state index in [-0.39, 0.29) is 6.54 Å². The van der Waals surface area contributed by atoms with Gasteiger partial charge in [-0.05, 0) is 26.8 Å². The number of pyridine rings is 1. The maximum Gasteiger partial charge on any atom is 0.407 e. The zero-order valence-corrected chi connectivity index (χ0v) is 11.2. The second kappa shape index (κ2) is 6.16. The van der Waals surface area contributed by atoms with Gasteiger partial charge >= 0.3 is 6.09 Å². The Morgan fingerprint density at radius 1 is 1.58 bits per heavy atom. The van der Waals surface area contributed by atoms with Gasteiger partial charge in [0.15, 0.2) is 0 Å². The van der Waals surface area contributed by atoms with Crippen LogP contribution in [-0.4, -0.2) is 28.3 Å². The highest BCUT2D eigenvalue weighted by Crippen LogP contribution is 2.14. The number of nitrogens with zero attached hydrogens (tertiary/aromatic N) is 2. The summed E-state index contributed by atoms with van der Waals surface area (Å²) in [6.45, 7) is 12.1. The average Bonchev–Trinajstić information content (AvgIpc) is 2.34. The van der Waals surface area contributed by atoms with Crippen molar-refractivity contribution in [3.8, 4) is 0 Å². The molecule has 0 spiro atoms. The maximum atomic E-state index is 11.4. The van der Waals surface area contributed by atoms with E-state index in [4.69, 9.17) is 11.3 Å². The first-order valence-corrected chi connectivity index (χ1v) is 5.80. The van der Waals surface area contributed by atoms with Gasteiger partial charge in [-0.25, -0.2) is 9.64 Å². The van der Waals surface area contributed by atoms with Gasteiger partial charge in [-0.2, -0.15) is 0 Å². The minimum atomic E-state index is -0.938. The topological polar surface area (TPSA) is 75.8 Å². The molecule has 1 aromatic heterocycles. The molecule has 0 aliphatic carbocycles. The molecular formula is C13H17N3O3. The Morgan fingerprint density at radius 2 is 2.26 bits per heavy atom. The molecule has 6 heteroatoms. The molecule has 0 aliphatic rings. The fourth-order valence-corrected chi connectivity index (χ4v) is 1.26. The summed E-state index contributed by atoms with van der Waals surface area (Å²) in [4.78, 5) is 18.5. The molecule has 19 heavy (non-hydrogen) atoms. The third-order valence-electron chi connectivity index (χ3n) is 2.08. The molecule has 6 nitrogen and oxygen atoms in total. The van der Waals surface area contributed by atoms with E-state index in [1.54, 1.807) is 32.9 Å². The van der Waals surface area contributed by atoms with E-state index in [0.29, 0.717) is 11.4 Å². The number of carbonyl (C=O) groups is 1. The van der Waals surface area contributed by atoms with Crippen LogP contribution in [0.1, 0.15) is 32.6 Å². The number of aliphatic hydroxyl groups excluding tert-OH is 1. The zero-order chi connectivity index (χ0) is 14.5. The lowest BCUT2D eigenvalue weighted by molar-refractivity contribution is 0.0490. The van der Waals surface area contributed by atoms with Crippen LogP contribution in [0.2, 0.25) is 0 Å². The van der Waals surface area contributed by atoms with E-state index in [1.165, 1.54) is 6.20 Å². The standard InChI is InChI=1S/C13H17N3O3/c1-13(2,3)19-12(18)16-8-11(17)10-6-5-9(14-4)7-15-10/h5-7,11,17H,8H2,1-3H3,(H,16,18). The van der Waals surface area contributed by atoms with Crippen LogP contribution in [0.3, 0.4) is 0 Å². The molecular weight excluding hydrogens is 246 g/mol. The Hall–Kier alpha value is -2.13. The largest absolute Gasteiger partial charge is 0.444 e. The van der Waals surface area contributed by atoms with Crippen molar-refractivity contribution < 1.29 is 14.6 Å². The van der Waals surface area contributed by atoms with E-state index in [9.17, 15) is 9.90 Å². The second-order valence-corrected chi connectivity index (χ2v) is 4.95. The number of hydrogen-bond acceptors (Lipinski definition) is 4. The minimum Gasteiger partial charge on any atom is -0.444 e. The molecule has 1 atom stereocenters. The SMILES string of the molecule is [C-]#[N+]c1ccc(C(O)CNC(=O)OC(C)(C)C)nc1. The summed E-state index contributed by atoms with van der Waals surface area (Å²) in [6.07, 6.45) is -0.157. The van der Waals surface area contributed by atoms with Crippen molar-refractivity contribution in [2.75, 3.05) is 6.54 Å². The Labute approximate surface area is 112 Å². The Morgan fingerprint density at radius 3 is 2.74 bits per heavy atom. The normalized spacial score (nSPS) is 12.4. The van der Waals surface area contributed by atoms with Crippen molar-refractivity contribution >= 4 is 11.8 Å². The average molecular weight is 263 g/mol. The Kier molecular flexibility index (Phi) is 4.84. The monoisotopic (exact) mass is 263 g/mol. The maximum absolute atomic E-state index is 11.4. The van der Waals surface area contributed by atoms with Crippen LogP contribution in [0.4, 0.5) is 10.5 Å². The van der Waals surface area contributed by atoms with Gasteiger partial charge in [-0.15, -0.1) is 0 Å². The summed E-state index contributed by atoms with van der Waals surface area (Å²) in [5, 5.41) is 12.3. The number of nitrogens with one attached hydrogen (secondary N) is 1. The molecule has 0 aromatic carbocycles. The number of rotatable bonds is 3. The van der Waals surface area contributed by atoms with Crippen molar-refractivity contribution in [3.63, 3.8) is 0 Å². The van der Waals surface area contributed by atoms with Gasteiger partial charge in [0, 0.05) is 6.20 Å². The summed E-state index contributed by atoms with van der Waals surface area (Å²) in [7, 11) is 0. The lowest BCUT2D eigenvalue weighted by atomic mass is 10.2. The predicted molar refractivity (Wildman–Crippen MR) is 69.7 cm³/mol. The van der Waals surface area contributed by atoms with Crippen LogP contribution in [0.25, 0.3) is 4.85 Å². The van der Waals surface area contributed by atoms with Crippen LogP contribution in [0.15, 0.2) is 18.3 Å². The van der Waals surface area contributed by atoms with Crippen LogP contribution in [-0.2, 0) is 4.74 Å². The molecule has 1 amide bonds. The number of carbonyl (C=O) groups excluding carboxylic acids is 1. The molecule has 0 aliphatic heterocycles. The third kappa shape index (κ3) is 5.36. The van der Waals surface area contributed by atoms with Gasteiger partial charge in [0.05, 0.1) is 18.8 Å². The second-order valence-electron chi connectivity index (χ2n) is 4.95. The van der Waals surface area contributed by atoms with E-state index < -0.39 is 17.8 Å². The Bertz CT molecular complexity index is 471. The van der Waals surface area contributed by atoms with Crippen LogP contribution in [0, 0.1) is 6.57 Å². The van der Waals surface area contributed by atoms with Crippen molar-refractivity contribution in [2.45, 2.75) is 32.5 Å². The summed E-state index contributed by atoms with van der Waals surface area (Å²) >= 11 is 0.